The Balaban J connectivity index is 1.64. The Hall–Kier alpha value is -4.47. The number of H-pyrrole nitrogens is 1. The third kappa shape index (κ3) is 7.30. The van der Waals surface area contributed by atoms with Crippen LogP contribution in [0.4, 0.5) is 0 Å². The first-order valence-electron chi connectivity index (χ1n) is 10.6. The van der Waals surface area contributed by atoms with Crippen molar-refractivity contribution in [3.8, 4) is 0 Å². The third-order valence-electron chi connectivity index (χ3n) is 4.97. The molecule has 1 aromatic heterocycles. The lowest BCUT2D eigenvalue weighted by molar-refractivity contribution is -0.142. The number of carboxylic acid groups (broad SMARTS) is 1. The lowest BCUT2D eigenvalue weighted by Crippen LogP contribution is -2.54. The van der Waals surface area contributed by atoms with Gasteiger partial charge in [-0.15, -0.1) is 0 Å². The molecule has 0 aliphatic heterocycles. The first-order chi connectivity index (χ1) is 16.4. The topological polar surface area (TPSA) is 153 Å². The van der Waals surface area contributed by atoms with Crippen LogP contribution in [0.3, 0.4) is 0 Å². The maximum absolute atomic E-state index is 13.0. The maximum Gasteiger partial charge on any atom is 0.326 e. The Bertz CT molecular complexity index is 1100. The number of nitrogens with one attached hydrogen (secondary N) is 4. The fraction of sp³-hybridized carbons (Fsp3) is 0.208. The molecule has 0 aliphatic carbocycles. The van der Waals surface area contributed by atoms with Crippen LogP contribution in [0.15, 0.2) is 73.2 Å². The Morgan fingerprint density at radius 1 is 0.882 bits per heavy atom. The van der Waals surface area contributed by atoms with Crippen molar-refractivity contribution in [2.75, 3.05) is 6.54 Å². The molecular formula is C24H25N5O5. The van der Waals surface area contributed by atoms with E-state index in [2.05, 4.69) is 25.9 Å². The Kier molecular flexibility index (Phi) is 8.50. The summed E-state index contributed by atoms with van der Waals surface area (Å²) in [6.07, 6.45) is 3.07. The number of hydrogen-bond donors (Lipinski definition) is 5. The average molecular weight is 463 g/mol. The van der Waals surface area contributed by atoms with Crippen LogP contribution in [0.1, 0.15) is 21.6 Å². The van der Waals surface area contributed by atoms with Crippen molar-refractivity contribution in [1.29, 1.82) is 0 Å². The molecule has 5 N–H and O–H groups in total. The van der Waals surface area contributed by atoms with Crippen molar-refractivity contribution in [1.82, 2.24) is 25.9 Å². The minimum atomic E-state index is -1.20. The standard InChI is InChI=1S/C24H25N5O5/c30-21(14-26-22(31)17-9-5-2-6-10-17)28-19(12-18-13-25-15-27-18)23(32)29-20(24(33)34)11-16-7-3-1-4-8-16/h1-10,13,15,19-20H,11-12,14H2,(H,25,27)(H,26,31)(H,28,30)(H,29,32)(H,33,34)/t19-,20+/m0/s1. The van der Waals surface area contributed by atoms with Gasteiger partial charge in [0.25, 0.3) is 5.91 Å². The summed E-state index contributed by atoms with van der Waals surface area (Å²) in [6, 6.07) is 15.0. The molecule has 0 aliphatic rings. The molecule has 3 aromatic rings. The second kappa shape index (κ2) is 12.0. The van der Waals surface area contributed by atoms with Crippen LogP contribution < -0.4 is 16.0 Å². The molecule has 0 fully saturated rings. The molecule has 3 rings (SSSR count). The highest BCUT2D eigenvalue weighted by Crippen LogP contribution is 2.06. The largest absolute Gasteiger partial charge is 0.480 e. The Morgan fingerprint density at radius 2 is 1.56 bits per heavy atom. The lowest BCUT2D eigenvalue weighted by Gasteiger charge is -2.21. The SMILES string of the molecule is O=C(CNC(=O)c1ccccc1)N[C@@H](Cc1cnc[nH]1)C(=O)N[C@H](Cc1ccccc1)C(=O)O. The monoisotopic (exact) mass is 463 g/mol. The quantitative estimate of drug-likeness (QED) is 0.282. The van der Waals surface area contributed by atoms with Gasteiger partial charge in [-0.1, -0.05) is 48.5 Å². The minimum Gasteiger partial charge on any atom is -0.480 e. The number of carbonyl (C=O) groups excluding carboxylic acids is 3. The van der Waals surface area contributed by atoms with Crippen molar-refractivity contribution < 1.29 is 24.3 Å². The summed E-state index contributed by atoms with van der Waals surface area (Å²) in [4.78, 5) is 56.1. The van der Waals surface area contributed by atoms with Crippen LogP contribution >= 0.6 is 0 Å². The van der Waals surface area contributed by atoms with Gasteiger partial charge in [-0.25, -0.2) is 9.78 Å². The van der Waals surface area contributed by atoms with E-state index in [9.17, 15) is 24.3 Å². The molecule has 34 heavy (non-hydrogen) atoms. The highest BCUT2D eigenvalue weighted by molar-refractivity contribution is 5.97. The summed E-state index contributed by atoms with van der Waals surface area (Å²) in [6.45, 7) is -0.354. The van der Waals surface area contributed by atoms with Crippen molar-refractivity contribution >= 4 is 23.7 Å². The smallest absolute Gasteiger partial charge is 0.326 e. The van der Waals surface area contributed by atoms with Crippen LogP contribution in [0.25, 0.3) is 0 Å². The fourth-order valence-electron chi connectivity index (χ4n) is 3.25. The van der Waals surface area contributed by atoms with Gasteiger partial charge in [0.15, 0.2) is 0 Å². The van der Waals surface area contributed by atoms with Gasteiger partial charge in [-0.2, -0.15) is 0 Å². The van der Waals surface area contributed by atoms with Crippen LogP contribution in [0.2, 0.25) is 0 Å². The summed E-state index contributed by atoms with van der Waals surface area (Å²) in [5.74, 6) is -2.89. The van der Waals surface area contributed by atoms with Gasteiger partial charge in [-0.3, -0.25) is 14.4 Å². The summed E-state index contributed by atoms with van der Waals surface area (Å²) < 4.78 is 0. The summed E-state index contributed by atoms with van der Waals surface area (Å²) in [7, 11) is 0. The van der Waals surface area contributed by atoms with Crippen LogP contribution in [-0.2, 0) is 27.2 Å². The van der Waals surface area contributed by atoms with E-state index in [-0.39, 0.29) is 19.4 Å². The number of benzene rings is 2. The van der Waals surface area contributed by atoms with Crippen molar-refractivity contribution in [3.63, 3.8) is 0 Å². The van der Waals surface area contributed by atoms with E-state index in [4.69, 9.17) is 0 Å². The molecular weight excluding hydrogens is 438 g/mol. The number of aromatic amines is 1. The number of carbonyl (C=O) groups is 4. The third-order valence-corrected chi connectivity index (χ3v) is 4.97. The number of amides is 3. The van der Waals surface area contributed by atoms with E-state index in [0.717, 1.165) is 5.56 Å². The molecule has 0 radical (unpaired) electrons. The number of rotatable bonds is 11. The zero-order valence-corrected chi connectivity index (χ0v) is 18.2. The molecule has 0 spiro atoms. The normalized spacial score (nSPS) is 12.2. The number of aliphatic carboxylic acids is 1. The van der Waals surface area contributed by atoms with Crippen LogP contribution in [0.5, 0.6) is 0 Å². The molecule has 0 saturated heterocycles. The molecule has 10 nitrogen and oxygen atoms in total. The maximum atomic E-state index is 13.0. The summed E-state index contributed by atoms with van der Waals surface area (Å²) >= 11 is 0. The van der Waals surface area contributed by atoms with Crippen molar-refractivity contribution in [3.05, 3.63) is 90.0 Å². The molecule has 0 bridgehead atoms. The highest BCUT2D eigenvalue weighted by Gasteiger charge is 2.27. The van der Waals surface area contributed by atoms with E-state index in [0.29, 0.717) is 11.3 Å². The van der Waals surface area contributed by atoms with Gasteiger partial charge < -0.3 is 26.0 Å². The molecule has 10 heteroatoms. The van der Waals surface area contributed by atoms with Gasteiger partial charge in [0.2, 0.25) is 11.8 Å². The predicted molar refractivity (Wildman–Crippen MR) is 123 cm³/mol. The minimum absolute atomic E-state index is 0.0574. The number of imidazole rings is 1. The zero-order valence-electron chi connectivity index (χ0n) is 18.2. The van der Waals surface area contributed by atoms with E-state index >= 15 is 0 Å². The van der Waals surface area contributed by atoms with E-state index in [1.54, 1.807) is 54.6 Å². The molecule has 2 aromatic carbocycles. The fourth-order valence-corrected chi connectivity index (χ4v) is 3.25. The molecule has 3 amide bonds. The zero-order chi connectivity index (χ0) is 24.3. The second-order valence-electron chi connectivity index (χ2n) is 7.54. The van der Waals surface area contributed by atoms with Gasteiger partial charge in [-0.05, 0) is 17.7 Å². The number of carboxylic acids is 1. The molecule has 0 unspecified atom stereocenters. The van der Waals surface area contributed by atoms with Gasteiger partial charge in [0, 0.05) is 30.3 Å². The molecule has 1 heterocycles. The van der Waals surface area contributed by atoms with E-state index < -0.39 is 35.8 Å². The Labute approximate surface area is 195 Å². The predicted octanol–water partition coefficient (Wildman–Crippen LogP) is 0.679. The number of nitrogens with zero attached hydrogens (tertiary/aromatic N) is 1. The Morgan fingerprint density at radius 3 is 2.18 bits per heavy atom. The highest BCUT2D eigenvalue weighted by atomic mass is 16.4. The van der Waals surface area contributed by atoms with Gasteiger partial charge in [0.05, 0.1) is 12.9 Å². The molecule has 0 saturated carbocycles. The number of aromatic nitrogens is 2. The number of hydrogen-bond acceptors (Lipinski definition) is 5. The molecule has 2 atom stereocenters. The second-order valence-corrected chi connectivity index (χ2v) is 7.54. The van der Waals surface area contributed by atoms with Crippen LogP contribution in [-0.4, -0.2) is 57.4 Å². The molecule has 176 valence electrons. The van der Waals surface area contributed by atoms with Gasteiger partial charge >= 0.3 is 5.97 Å². The van der Waals surface area contributed by atoms with Gasteiger partial charge in [0.1, 0.15) is 12.1 Å². The van der Waals surface area contributed by atoms with Crippen molar-refractivity contribution in [2.45, 2.75) is 24.9 Å². The summed E-state index contributed by atoms with van der Waals surface area (Å²) in [5.41, 5.74) is 1.71. The average Bonchev–Trinajstić information content (AvgIpc) is 3.36. The first kappa shape index (κ1) is 24.2. The van der Waals surface area contributed by atoms with E-state index in [1.165, 1.54) is 12.5 Å². The van der Waals surface area contributed by atoms with Crippen LogP contribution in [0, 0.1) is 0 Å². The van der Waals surface area contributed by atoms with Crippen molar-refractivity contribution in [2.24, 2.45) is 0 Å². The summed E-state index contributed by atoms with van der Waals surface area (Å²) in [5, 5.41) is 17.2. The lowest BCUT2D eigenvalue weighted by atomic mass is 10.0. The van der Waals surface area contributed by atoms with E-state index in [1.807, 2.05) is 6.07 Å². The first-order valence-corrected chi connectivity index (χ1v) is 10.6.